The Labute approximate surface area is 157 Å². The molecular formula is C22H19FN2O2. The van der Waals surface area contributed by atoms with E-state index in [1.807, 2.05) is 43.3 Å². The van der Waals surface area contributed by atoms with Crippen LogP contribution in [0.1, 0.15) is 24.1 Å². The first-order chi connectivity index (χ1) is 13.1. The molecule has 1 heterocycles. The van der Waals surface area contributed by atoms with Crippen LogP contribution in [0.4, 0.5) is 4.39 Å². The number of ether oxygens (including phenoxy) is 1. The molecule has 0 saturated heterocycles. The lowest BCUT2D eigenvalue weighted by molar-refractivity contribution is -0.117. The number of rotatable bonds is 6. The average Bonchev–Trinajstić information content (AvgIpc) is 2.68. The van der Waals surface area contributed by atoms with E-state index in [0.717, 1.165) is 11.1 Å². The molecule has 0 bridgehead atoms. The van der Waals surface area contributed by atoms with E-state index in [1.54, 1.807) is 30.5 Å². The molecule has 3 rings (SSSR count). The molecule has 1 amide bonds. The van der Waals surface area contributed by atoms with E-state index >= 15 is 0 Å². The van der Waals surface area contributed by atoms with E-state index in [-0.39, 0.29) is 17.8 Å². The summed E-state index contributed by atoms with van der Waals surface area (Å²) in [7, 11) is 0. The average molecular weight is 362 g/mol. The highest BCUT2D eigenvalue weighted by Gasteiger charge is 2.09. The van der Waals surface area contributed by atoms with Gasteiger partial charge in [-0.1, -0.05) is 30.3 Å². The molecule has 1 unspecified atom stereocenters. The Kier molecular flexibility index (Phi) is 5.94. The molecule has 0 fully saturated rings. The molecule has 1 N–H and O–H groups in total. The van der Waals surface area contributed by atoms with Gasteiger partial charge in [-0.15, -0.1) is 0 Å². The minimum absolute atomic E-state index is 0.206. The summed E-state index contributed by atoms with van der Waals surface area (Å²) >= 11 is 0. The van der Waals surface area contributed by atoms with Crippen LogP contribution in [0.3, 0.4) is 0 Å². The van der Waals surface area contributed by atoms with Crippen LogP contribution in [0.15, 0.2) is 79.0 Å². The van der Waals surface area contributed by atoms with Crippen LogP contribution in [-0.4, -0.2) is 10.9 Å². The Morgan fingerprint density at radius 3 is 2.67 bits per heavy atom. The molecule has 0 aliphatic carbocycles. The van der Waals surface area contributed by atoms with Gasteiger partial charge in [0.2, 0.25) is 11.8 Å². The van der Waals surface area contributed by atoms with Gasteiger partial charge in [0.1, 0.15) is 11.6 Å². The number of nitrogens with zero attached hydrogens (tertiary/aromatic N) is 1. The van der Waals surface area contributed by atoms with Crippen LogP contribution in [0, 0.1) is 5.82 Å². The number of hydrogen-bond donors (Lipinski definition) is 1. The highest BCUT2D eigenvalue weighted by molar-refractivity contribution is 5.91. The number of benzene rings is 2. The number of carbonyl (C=O) groups is 1. The van der Waals surface area contributed by atoms with E-state index in [0.29, 0.717) is 11.6 Å². The maximum absolute atomic E-state index is 12.9. The normalized spacial score (nSPS) is 11.9. The zero-order chi connectivity index (χ0) is 19.1. The second kappa shape index (κ2) is 8.76. The van der Waals surface area contributed by atoms with Crippen molar-refractivity contribution < 1.29 is 13.9 Å². The number of aromatic nitrogens is 1. The monoisotopic (exact) mass is 362 g/mol. The van der Waals surface area contributed by atoms with Gasteiger partial charge in [0.15, 0.2) is 0 Å². The Morgan fingerprint density at radius 2 is 1.93 bits per heavy atom. The van der Waals surface area contributed by atoms with E-state index in [9.17, 15) is 9.18 Å². The molecule has 4 nitrogen and oxygen atoms in total. The highest BCUT2D eigenvalue weighted by atomic mass is 19.1. The topological polar surface area (TPSA) is 51.2 Å². The Morgan fingerprint density at radius 1 is 1.11 bits per heavy atom. The van der Waals surface area contributed by atoms with Crippen LogP contribution < -0.4 is 10.1 Å². The SMILES string of the molecule is CC(NC(=O)C=Cc1ccc(F)cc1)c1cccc(Oc2ccccn2)c1. The lowest BCUT2D eigenvalue weighted by Gasteiger charge is -2.14. The zero-order valence-electron chi connectivity index (χ0n) is 14.8. The molecule has 3 aromatic rings. The van der Waals surface area contributed by atoms with E-state index in [1.165, 1.54) is 18.2 Å². The fourth-order valence-electron chi connectivity index (χ4n) is 2.47. The predicted octanol–water partition coefficient (Wildman–Crippen LogP) is 4.90. The van der Waals surface area contributed by atoms with Crippen molar-refractivity contribution in [3.63, 3.8) is 0 Å². The summed E-state index contributed by atoms with van der Waals surface area (Å²) in [5.74, 6) is 0.614. The molecule has 5 heteroatoms. The minimum atomic E-state index is -0.307. The third kappa shape index (κ3) is 5.51. The first-order valence-electron chi connectivity index (χ1n) is 8.53. The third-order valence-electron chi connectivity index (χ3n) is 3.87. The molecule has 1 aromatic heterocycles. The summed E-state index contributed by atoms with van der Waals surface area (Å²) in [4.78, 5) is 16.3. The molecule has 0 aliphatic rings. The summed E-state index contributed by atoms with van der Waals surface area (Å²) in [6, 6.07) is 18.7. The molecule has 0 spiro atoms. The number of halogens is 1. The Balaban J connectivity index is 1.61. The van der Waals surface area contributed by atoms with Crippen LogP contribution >= 0.6 is 0 Å². The molecule has 2 aromatic carbocycles. The van der Waals surface area contributed by atoms with Gasteiger partial charge in [-0.3, -0.25) is 4.79 Å². The second-order valence-electron chi connectivity index (χ2n) is 5.96. The van der Waals surface area contributed by atoms with E-state index in [2.05, 4.69) is 10.3 Å². The first-order valence-corrected chi connectivity index (χ1v) is 8.53. The van der Waals surface area contributed by atoms with Gasteiger partial charge in [0.25, 0.3) is 0 Å². The fraction of sp³-hybridized carbons (Fsp3) is 0.0909. The Bertz CT molecular complexity index is 925. The van der Waals surface area contributed by atoms with Crippen LogP contribution in [0.25, 0.3) is 6.08 Å². The summed E-state index contributed by atoms with van der Waals surface area (Å²) in [5.41, 5.74) is 1.66. The molecular weight excluding hydrogens is 343 g/mol. The van der Waals surface area contributed by atoms with Crippen molar-refractivity contribution in [2.75, 3.05) is 0 Å². The number of hydrogen-bond acceptors (Lipinski definition) is 3. The molecule has 27 heavy (non-hydrogen) atoms. The summed E-state index contributed by atoms with van der Waals surface area (Å²) in [6.45, 7) is 1.89. The van der Waals surface area contributed by atoms with E-state index < -0.39 is 0 Å². The van der Waals surface area contributed by atoms with Crippen LogP contribution in [-0.2, 0) is 4.79 Å². The predicted molar refractivity (Wildman–Crippen MR) is 103 cm³/mol. The summed E-state index contributed by atoms with van der Waals surface area (Å²) in [6.07, 6.45) is 4.73. The molecule has 0 aliphatic heterocycles. The zero-order valence-corrected chi connectivity index (χ0v) is 14.8. The number of nitrogens with one attached hydrogen (secondary N) is 1. The largest absolute Gasteiger partial charge is 0.439 e. The fourth-order valence-corrected chi connectivity index (χ4v) is 2.47. The molecule has 0 radical (unpaired) electrons. The van der Waals surface area contributed by atoms with Crippen molar-refractivity contribution in [2.45, 2.75) is 13.0 Å². The maximum atomic E-state index is 12.9. The van der Waals surface area contributed by atoms with Gasteiger partial charge in [0, 0.05) is 18.3 Å². The summed E-state index contributed by atoms with van der Waals surface area (Å²) in [5, 5.41) is 2.90. The van der Waals surface area contributed by atoms with Crippen LogP contribution in [0.5, 0.6) is 11.6 Å². The van der Waals surface area contributed by atoms with Crippen molar-refractivity contribution in [3.05, 3.63) is 95.9 Å². The van der Waals surface area contributed by atoms with Crippen molar-refractivity contribution in [3.8, 4) is 11.6 Å². The molecule has 1 atom stereocenters. The lowest BCUT2D eigenvalue weighted by atomic mass is 10.1. The molecule has 0 saturated carbocycles. The number of carbonyl (C=O) groups excluding carboxylic acids is 1. The number of amides is 1. The van der Waals surface area contributed by atoms with Gasteiger partial charge < -0.3 is 10.1 Å². The van der Waals surface area contributed by atoms with Crippen molar-refractivity contribution in [1.82, 2.24) is 10.3 Å². The first kappa shape index (κ1) is 18.3. The van der Waals surface area contributed by atoms with Crippen molar-refractivity contribution in [2.24, 2.45) is 0 Å². The third-order valence-corrected chi connectivity index (χ3v) is 3.87. The second-order valence-corrected chi connectivity index (χ2v) is 5.96. The van der Waals surface area contributed by atoms with Crippen molar-refractivity contribution in [1.29, 1.82) is 0 Å². The van der Waals surface area contributed by atoms with Crippen molar-refractivity contribution >= 4 is 12.0 Å². The highest BCUT2D eigenvalue weighted by Crippen LogP contribution is 2.23. The van der Waals surface area contributed by atoms with Gasteiger partial charge >= 0.3 is 0 Å². The van der Waals surface area contributed by atoms with Crippen LogP contribution in [0.2, 0.25) is 0 Å². The van der Waals surface area contributed by atoms with Gasteiger partial charge in [-0.05, 0) is 54.5 Å². The summed E-state index contributed by atoms with van der Waals surface area (Å²) < 4.78 is 18.6. The van der Waals surface area contributed by atoms with Gasteiger partial charge in [-0.2, -0.15) is 0 Å². The Hall–Kier alpha value is -3.47. The maximum Gasteiger partial charge on any atom is 0.244 e. The minimum Gasteiger partial charge on any atom is -0.439 e. The van der Waals surface area contributed by atoms with Gasteiger partial charge in [-0.25, -0.2) is 9.37 Å². The molecule has 136 valence electrons. The lowest BCUT2D eigenvalue weighted by Crippen LogP contribution is -2.24. The standard InChI is InChI=1S/C22H19FN2O2/c1-16(25-21(26)13-10-17-8-11-19(23)12-9-17)18-5-4-6-20(15-18)27-22-7-2-3-14-24-22/h2-16H,1H3,(H,25,26). The smallest absolute Gasteiger partial charge is 0.244 e. The van der Waals surface area contributed by atoms with Gasteiger partial charge in [0.05, 0.1) is 6.04 Å². The van der Waals surface area contributed by atoms with E-state index in [4.69, 9.17) is 4.74 Å². The quantitative estimate of drug-likeness (QED) is 0.634. The number of pyridine rings is 1.